The van der Waals surface area contributed by atoms with E-state index < -0.39 is 11.9 Å². The van der Waals surface area contributed by atoms with Gasteiger partial charge in [-0.2, -0.15) is 0 Å². The number of ether oxygens (including phenoxy) is 2. The highest BCUT2D eigenvalue weighted by molar-refractivity contribution is 6.03. The molecule has 1 rings (SSSR count). The first kappa shape index (κ1) is 18.2. The van der Waals surface area contributed by atoms with E-state index in [0.29, 0.717) is 25.0 Å². The molecule has 0 aliphatic heterocycles. The summed E-state index contributed by atoms with van der Waals surface area (Å²) in [5.41, 5.74) is 0.528. The van der Waals surface area contributed by atoms with E-state index in [1.54, 1.807) is 24.3 Å². The van der Waals surface area contributed by atoms with Gasteiger partial charge in [0.2, 0.25) is 0 Å². The van der Waals surface area contributed by atoms with Crippen LogP contribution >= 0.6 is 0 Å². The molecule has 1 aromatic rings. The molecule has 0 aliphatic carbocycles. The predicted octanol–water partition coefficient (Wildman–Crippen LogP) is 4.09. The van der Waals surface area contributed by atoms with Gasteiger partial charge in [0.25, 0.3) is 0 Å². The van der Waals surface area contributed by atoms with Crippen LogP contribution in [0.4, 0.5) is 0 Å². The fraction of sp³-hybridized carbons (Fsp3) is 0.556. The van der Waals surface area contributed by atoms with Crippen LogP contribution in [0.1, 0.15) is 61.3 Å². The van der Waals surface area contributed by atoms with E-state index in [2.05, 4.69) is 0 Å². The number of hydrogen-bond acceptors (Lipinski definition) is 4. The molecule has 0 aliphatic rings. The summed E-state index contributed by atoms with van der Waals surface area (Å²) < 4.78 is 10.5. The topological polar surface area (TPSA) is 52.6 Å². The van der Waals surface area contributed by atoms with Gasteiger partial charge in [0, 0.05) is 0 Å². The Morgan fingerprint density at radius 2 is 1.23 bits per heavy atom. The minimum Gasteiger partial charge on any atom is -0.462 e. The van der Waals surface area contributed by atoms with Crippen molar-refractivity contribution < 1.29 is 19.1 Å². The normalized spacial score (nSPS) is 13.3. The third kappa shape index (κ3) is 5.51. The Hall–Kier alpha value is -1.84. The summed E-state index contributed by atoms with van der Waals surface area (Å²) in [6, 6.07) is 6.62. The van der Waals surface area contributed by atoms with Gasteiger partial charge < -0.3 is 9.47 Å². The summed E-state index contributed by atoms with van der Waals surface area (Å²) in [5.74, 6) is -0.352. The molecule has 0 bridgehead atoms. The first-order valence-electron chi connectivity index (χ1n) is 7.92. The van der Waals surface area contributed by atoms with E-state index in [0.717, 1.165) is 12.8 Å². The molecule has 0 N–H and O–H groups in total. The Labute approximate surface area is 132 Å². The van der Waals surface area contributed by atoms with Crippen molar-refractivity contribution in [3.05, 3.63) is 35.4 Å². The average Bonchev–Trinajstić information content (AvgIpc) is 2.56. The van der Waals surface area contributed by atoms with E-state index in [4.69, 9.17) is 9.47 Å². The molecule has 0 heterocycles. The summed E-state index contributed by atoms with van der Waals surface area (Å²) >= 11 is 0. The van der Waals surface area contributed by atoms with Gasteiger partial charge in [-0.05, 0) is 24.0 Å². The lowest BCUT2D eigenvalue weighted by Gasteiger charge is -2.13. The molecule has 122 valence electrons. The molecule has 0 fully saturated rings. The monoisotopic (exact) mass is 306 g/mol. The third-order valence-corrected chi connectivity index (χ3v) is 3.76. The van der Waals surface area contributed by atoms with E-state index in [9.17, 15) is 9.59 Å². The summed E-state index contributed by atoms with van der Waals surface area (Å²) in [4.78, 5) is 24.3. The van der Waals surface area contributed by atoms with E-state index in [-0.39, 0.29) is 11.1 Å². The lowest BCUT2D eigenvalue weighted by atomic mass is 10.1. The maximum absolute atomic E-state index is 12.2. The molecule has 4 heteroatoms. The van der Waals surface area contributed by atoms with Crippen molar-refractivity contribution in [3.8, 4) is 0 Å². The van der Waals surface area contributed by atoms with E-state index >= 15 is 0 Å². The molecular weight excluding hydrogens is 280 g/mol. The predicted molar refractivity (Wildman–Crippen MR) is 85.9 cm³/mol. The van der Waals surface area contributed by atoms with E-state index in [1.165, 1.54) is 0 Å². The lowest BCUT2D eigenvalue weighted by molar-refractivity contribution is 0.0400. The largest absolute Gasteiger partial charge is 0.462 e. The zero-order valence-electron chi connectivity index (χ0n) is 13.9. The quantitative estimate of drug-likeness (QED) is 0.679. The van der Waals surface area contributed by atoms with Crippen molar-refractivity contribution in [2.24, 2.45) is 11.8 Å². The SMILES string of the molecule is CCC(C)COC(=O)c1ccccc1C(=O)OCC(C)CC. The standard InChI is InChI=1S/C18H26O4/c1-5-13(3)11-21-17(19)15-9-7-8-10-16(15)18(20)22-12-14(4)6-2/h7-10,13-14H,5-6,11-12H2,1-4H3. The van der Waals surface area contributed by atoms with Gasteiger partial charge in [0.05, 0.1) is 24.3 Å². The molecule has 0 aromatic heterocycles. The minimum absolute atomic E-state index is 0.264. The number of carbonyl (C=O) groups is 2. The molecule has 0 amide bonds. The highest BCUT2D eigenvalue weighted by atomic mass is 16.5. The molecule has 2 atom stereocenters. The molecule has 1 aromatic carbocycles. The maximum atomic E-state index is 12.2. The second-order valence-electron chi connectivity index (χ2n) is 5.77. The Bertz CT molecular complexity index is 451. The van der Waals surface area contributed by atoms with Crippen LogP contribution in [0.25, 0.3) is 0 Å². The van der Waals surface area contributed by atoms with Gasteiger partial charge in [-0.3, -0.25) is 0 Å². The van der Waals surface area contributed by atoms with Crippen molar-refractivity contribution in [3.63, 3.8) is 0 Å². The van der Waals surface area contributed by atoms with Crippen molar-refractivity contribution in [2.45, 2.75) is 40.5 Å². The minimum atomic E-state index is -0.476. The number of benzene rings is 1. The summed E-state index contributed by atoms with van der Waals surface area (Å²) in [7, 11) is 0. The maximum Gasteiger partial charge on any atom is 0.339 e. The number of rotatable bonds is 8. The van der Waals surface area contributed by atoms with Gasteiger partial charge in [-0.25, -0.2) is 9.59 Å². The summed E-state index contributed by atoms with van der Waals surface area (Å²) in [6.07, 6.45) is 1.87. The Morgan fingerprint density at radius 1 is 0.864 bits per heavy atom. The molecule has 22 heavy (non-hydrogen) atoms. The third-order valence-electron chi connectivity index (χ3n) is 3.76. The highest BCUT2D eigenvalue weighted by Crippen LogP contribution is 2.14. The first-order valence-corrected chi connectivity index (χ1v) is 7.92. The van der Waals surface area contributed by atoms with Crippen LogP contribution < -0.4 is 0 Å². The molecule has 0 spiro atoms. The fourth-order valence-electron chi connectivity index (χ4n) is 1.67. The summed E-state index contributed by atoms with van der Waals surface area (Å²) in [5, 5.41) is 0. The van der Waals surface area contributed by atoms with Crippen LogP contribution in [-0.2, 0) is 9.47 Å². The van der Waals surface area contributed by atoms with Gasteiger partial charge in [-0.15, -0.1) is 0 Å². The molecule has 0 radical (unpaired) electrons. The summed E-state index contributed by atoms with van der Waals surface area (Å²) in [6.45, 7) is 8.81. The lowest BCUT2D eigenvalue weighted by Crippen LogP contribution is -2.18. The Balaban J connectivity index is 2.76. The molecular formula is C18H26O4. The van der Waals surface area contributed by atoms with Crippen molar-refractivity contribution in [2.75, 3.05) is 13.2 Å². The van der Waals surface area contributed by atoms with Crippen LogP contribution in [0, 0.1) is 11.8 Å². The number of carbonyl (C=O) groups excluding carboxylic acids is 2. The second-order valence-corrected chi connectivity index (χ2v) is 5.77. The highest BCUT2D eigenvalue weighted by Gasteiger charge is 2.19. The van der Waals surface area contributed by atoms with Crippen molar-refractivity contribution in [1.29, 1.82) is 0 Å². The van der Waals surface area contributed by atoms with Crippen molar-refractivity contribution in [1.82, 2.24) is 0 Å². The van der Waals surface area contributed by atoms with Crippen LogP contribution in [0.3, 0.4) is 0 Å². The van der Waals surface area contributed by atoms with Crippen LogP contribution in [0.15, 0.2) is 24.3 Å². The molecule has 2 unspecified atom stereocenters. The second kappa shape index (κ2) is 9.23. The van der Waals surface area contributed by atoms with Crippen LogP contribution in [0.5, 0.6) is 0 Å². The van der Waals surface area contributed by atoms with Gasteiger partial charge >= 0.3 is 11.9 Å². The molecule has 0 saturated heterocycles. The fourth-order valence-corrected chi connectivity index (χ4v) is 1.67. The Kier molecular flexibility index (Phi) is 7.64. The Morgan fingerprint density at radius 3 is 1.55 bits per heavy atom. The number of hydrogen-bond donors (Lipinski definition) is 0. The van der Waals surface area contributed by atoms with Gasteiger partial charge in [-0.1, -0.05) is 52.7 Å². The van der Waals surface area contributed by atoms with Gasteiger partial charge in [0.15, 0.2) is 0 Å². The van der Waals surface area contributed by atoms with Gasteiger partial charge in [0.1, 0.15) is 0 Å². The smallest absolute Gasteiger partial charge is 0.339 e. The van der Waals surface area contributed by atoms with E-state index in [1.807, 2.05) is 27.7 Å². The average molecular weight is 306 g/mol. The molecule has 4 nitrogen and oxygen atoms in total. The van der Waals surface area contributed by atoms with Crippen LogP contribution in [-0.4, -0.2) is 25.2 Å². The number of esters is 2. The first-order chi connectivity index (χ1) is 10.5. The zero-order valence-corrected chi connectivity index (χ0v) is 13.9. The van der Waals surface area contributed by atoms with Crippen molar-refractivity contribution >= 4 is 11.9 Å². The van der Waals surface area contributed by atoms with Crippen LogP contribution in [0.2, 0.25) is 0 Å². The zero-order chi connectivity index (χ0) is 16.5. The molecule has 0 saturated carbocycles.